The maximum atomic E-state index is 12.7. The molecular formula is C79H74N22O6. The minimum atomic E-state index is -0.189. The van der Waals surface area contributed by atoms with Crippen LogP contribution in [0.2, 0.25) is 0 Å². The number of nitriles is 3. The van der Waals surface area contributed by atoms with Crippen LogP contribution in [0, 0.1) is 71.0 Å². The van der Waals surface area contributed by atoms with Crippen molar-refractivity contribution >= 4 is 57.8 Å². The van der Waals surface area contributed by atoms with Gasteiger partial charge >= 0.3 is 18.1 Å². The van der Waals surface area contributed by atoms with E-state index in [-0.39, 0.29) is 24.6 Å². The van der Waals surface area contributed by atoms with E-state index in [0.717, 1.165) is 73.0 Å². The number of hydrogen-bond donors (Lipinski definition) is 3. The molecule has 536 valence electrons. The Hall–Kier alpha value is -14.4. The minimum absolute atomic E-state index is 0.0821. The largest absolute Gasteiger partial charge is 0.492 e. The van der Waals surface area contributed by atoms with E-state index in [4.69, 9.17) is 38.5 Å². The van der Waals surface area contributed by atoms with E-state index in [2.05, 4.69) is 96.9 Å². The number of benzene rings is 1. The number of carbonyl (C=O) groups is 3. The molecule has 0 atom stereocenters. The second kappa shape index (κ2) is 34.1. The van der Waals surface area contributed by atoms with Gasteiger partial charge in [-0.25, -0.2) is 42.9 Å². The average Bonchev–Trinajstić information content (AvgIpc) is 1.68. The summed E-state index contributed by atoms with van der Waals surface area (Å²) in [5.74, 6) is 12.0. The summed E-state index contributed by atoms with van der Waals surface area (Å²) < 4.78 is 22.1. The van der Waals surface area contributed by atoms with Crippen molar-refractivity contribution in [1.82, 2.24) is 74.1 Å². The summed E-state index contributed by atoms with van der Waals surface area (Å²) in [7, 11) is 0. The van der Waals surface area contributed by atoms with Gasteiger partial charge in [0.1, 0.15) is 52.9 Å². The van der Waals surface area contributed by atoms with Gasteiger partial charge in [0.15, 0.2) is 0 Å². The van der Waals surface area contributed by atoms with Crippen LogP contribution in [0.3, 0.4) is 0 Å². The fraction of sp³-hybridized carbons (Fsp3) is 0.253. The average molecular weight is 1430 g/mol. The van der Waals surface area contributed by atoms with E-state index in [9.17, 15) is 30.2 Å². The SMILES string of the molecule is C#CCNC(=O)N1CCN(c2ccc(-c3cc(OCC)cn4ncc(C#N)c34)cn2)CC1.C#Cc1ccc(CNC(=O)N2CCN(c3ccc(-c4cc(OCC)cn5ncc(C#N)c45)cn3)CC2)cc1.C#Cc1cncc(NC(=O)N2CCN(c3ccc(-c4cc(OCC)cn5ncc(C#N)c45)cn3)CC2)c1. The maximum Gasteiger partial charge on any atom is 0.322 e. The Balaban J connectivity index is 0.000000151. The van der Waals surface area contributed by atoms with Gasteiger partial charge in [0.25, 0.3) is 0 Å². The highest BCUT2D eigenvalue weighted by Gasteiger charge is 2.27. The van der Waals surface area contributed by atoms with E-state index < -0.39 is 0 Å². The van der Waals surface area contributed by atoms with Crippen molar-refractivity contribution in [2.24, 2.45) is 0 Å². The predicted octanol–water partition coefficient (Wildman–Crippen LogP) is 9.21. The lowest BCUT2D eigenvalue weighted by Crippen LogP contribution is -2.52. The number of fused-ring (bicyclic) bond motifs is 3. The van der Waals surface area contributed by atoms with Crippen molar-refractivity contribution in [2.45, 2.75) is 27.3 Å². The van der Waals surface area contributed by atoms with Crippen LogP contribution in [0.25, 0.3) is 49.9 Å². The molecule has 13 heterocycles. The number of piperazine rings is 3. The lowest BCUT2D eigenvalue weighted by Gasteiger charge is -2.35. The van der Waals surface area contributed by atoms with Gasteiger partial charge in [0.05, 0.1) is 109 Å². The van der Waals surface area contributed by atoms with Crippen LogP contribution in [0.4, 0.5) is 37.5 Å². The molecule has 0 unspecified atom stereocenters. The van der Waals surface area contributed by atoms with Gasteiger partial charge in [-0.15, -0.1) is 19.3 Å². The Morgan fingerprint density at radius 1 is 0.449 bits per heavy atom. The molecule has 0 saturated carbocycles. The van der Waals surface area contributed by atoms with Crippen molar-refractivity contribution < 1.29 is 28.6 Å². The number of pyridine rings is 7. The summed E-state index contributed by atoms with van der Waals surface area (Å²) in [4.78, 5) is 67.3. The third-order valence-electron chi connectivity index (χ3n) is 18.0. The molecule has 11 aromatic rings. The fourth-order valence-electron chi connectivity index (χ4n) is 12.6. The number of ether oxygens (including phenoxy) is 3. The first-order chi connectivity index (χ1) is 52.3. The second-order valence-electron chi connectivity index (χ2n) is 24.5. The molecule has 0 spiro atoms. The molecule has 14 rings (SSSR count). The summed E-state index contributed by atoms with van der Waals surface area (Å²) in [5, 5.41) is 50.0. The van der Waals surface area contributed by atoms with Gasteiger partial charge in [0, 0.05) is 154 Å². The highest BCUT2D eigenvalue weighted by molar-refractivity contribution is 5.90. The van der Waals surface area contributed by atoms with Crippen LogP contribution in [0.5, 0.6) is 17.2 Å². The molecule has 28 nitrogen and oxygen atoms in total. The first-order valence-corrected chi connectivity index (χ1v) is 34.6. The quantitative estimate of drug-likeness (QED) is 0.0759. The Labute approximate surface area is 618 Å². The van der Waals surface area contributed by atoms with Crippen molar-refractivity contribution in [1.29, 1.82) is 15.8 Å². The first kappa shape index (κ1) is 72.4. The standard InChI is InChI=1S/C29H27N7O2.C27H24N8O2.C23H23N7O2/c1-3-21-5-7-22(8-6-21)17-32-29(37)35-13-11-34(12-14-35)27-10-9-23(18-31-27)26-15-25(38-4-2)20-36-28(26)24(16-30)19-33-36;1-3-19-11-22(17-29-14-19)32-27(36)34-9-7-33(8-10-34)25-6-5-20(15-30-25)24-12-23(37-4-2)18-35-26(24)21(13-28)16-31-35;1-3-7-25-23(31)29-10-8-28(9-11-29)21-6-5-17(14-26-21)20-12-19(32-4-2)16-30-22(20)18(13-24)15-27-30/h1,5-10,15,18-20H,4,11-14,17H2,2H3,(H,32,37);1,5-6,11-12,14-18H,4,7-10H2,2H3,(H,32,36);1,5-6,12,14-16H,4,7-11H2,2H3,(H,25,31). The number of carbonyl (C=O) groups excluding carboxylic acids is 3. The molecule has 3 N–H and O–H groups in total. The molecule has 0 bridgehead atoms. The third-order valence-corrected chi connectivity index (χ3v) is 18.0. The number of nitrogens with one attached hydrogen (secondary N) is 3. The number of hydrogen-bond acceptors (Lipinski definition) is 19. The molecule has 1 aromatic carbocycles. The van der Waals surface area contributed by atoms with Gasteiger partial charge in [0.2, 0.25) is 0 Å². The van der Waals surface area contributed by atoms with Gasteiger partial charge in [-0.3, -0.25) is 4.98 Å². The van der Waals surface area contributed by atoms with Crippen LogP contribution in [0.1, 0.15) is 54.2 Å². The van der Waals surface area contributed by atoms with Crippen LogP contribution < -0.4 is 44.9 Å². The van der Waals surface area contributed by atoms with Crippen molar-refractivity contribution in [2.75, 3.05) is 125 Å². The Kier molecular flexibility index (Phi) is 23.1. The van der Waals surface area contributed by atoms with E-state index >= 15 is 0 Å². The van der Waals surface area contributed by atoms with Crippen LogP contribution in [0.15, 0.2) is 153 Å². The number of urea groups is 3. The number of terminal acetylenes is 3. The minimum Gasteiger partial charge on any atom is -0.492 e. The molecule has 3 aliphatic rings. The van der Waals surface area contributed by atoms with Crippen LogP contribution in [-0.4, -0.2) is 186 Å². The Bertz CT molecular complexity index is 5280. The van der Waals surface area contributed by atoms with E-state index in [1.807, 2.05) is 105 Å². The first-order valence-electron chi connectivity index (χ1n) is 34.6. The Morgan fingerprint density at radius 2 is 0.832 bits per heavy atom. The zero-order valence-electron chi connectivity index (χ0n) is 59.1. The zero-order valence-corrected chi connectivity index (χ0v) is 59.1. The molecule has 3 saturated heterocycles. The third kappa shape index (κ3) is 16.9. The molecule has 10 aromatic heterocycles. The van der Waals surface area contributed by atoms with Gasteiger partial charge in [-0.2, -0.15) is 31.1 Å². The molecule has 0 radical (unpaired) electrons. The number of aromatic nitrogens is 10. The molecule has 6 amide bonds. The molecule has 3 fully saturated rings. The number of amides is 6. The van der Waals surface area contributed by atoms with Crippen molar-refractivity contribution in [3.8, 4) is 106 Å². The topological polar surface area (TPSA) is 309 Å². The summed E-state index contributed by atoms with van der Waals surface area (Å²) in [5.41, 5.74) is 11.7. The van der Waals surface area contributed by atoms with E-state index in [0.29, 0.717) is 156 Å². The molecule has 3 aliphatic heterocycles. The maximum absolute atomic E-state index is 12.7. The summed E-state index contributed by atoms with van der Waals surface area (Å²) >= 11 is 0. The summed E-state index contributed by atoms with van der Waals surface area (Å²) in [6, 6.07) is 33.1. The lowest BCUT2D eigenvalue weighted by atomic mass is 10.1. The molecule has 28 heteroatoms. The Morgan fingerprint density at radius 3 is 1.18 bits per heavy atom. The van der Waals surface area contributed by atoms with E-state index in [1.54, 1.807) is 97.6 Å². The smallest absolute Gasteiger partial charge is 0.322 e. The predicted molar refractivity (Wildman–Crippen MR) is 404 cm³/mol. The number of rotatable bonds is 16. The lowest BCUT2D eigenvalue weighted by molar-refractivity contribution is 0.193. The fourth-order valence-corrected chi connectivity index (χ4v) is 12.6. The highest BCUT2D eigenvalue weighted by Crippen LogP contribution is 2.35. The monoisotopic (exact) mass is 1430 g/mol. The van der Waals surface area contributed by atoms with Crippen LogP contribution in [-0.2, 0) is 6.54 Å². The number of nitrogens with zero attached hydrogens (tertiary/aromatic N) is 19. The molecule has 107 heavy (non-hydrogen) atoms. The van der Waals surface area contributed by atoms with Gasteiger partial charge in [-0.05, 0) is 99.1 Å². The number of anilines is 4. The summed E-state index contributed by atoms with van der Waals surface area (Å²) in [6.07, 6.45) is 34.5. The zero-order chi connectivity index (χ0) is 74.8. The second-order valence-corrected chi connectivity index (χ2v) is 24.5. The molecular weight excluding hydrogens is 1350 g/mol. The van der Waals surface area contributed by atoms with Gasteiger partial charge in [-0.1, -0.05) is 29.9 Å². The normalized spacial score (nSPS) is 13.2. The van der Waals surface area contributed by atoms with Gasteiger partial charge < -0.3 is 59.6 Å². The van der Waals surface area contributed by atoms with Crippen LogP contribution >= 0.6 is 0 Å². The van der Waals surface area contributed by atoms with Crippen molar-refractivity contribution in [3.05, 3.63) is 186 Å². The van der Waals surface area contributed by atoms with Crippen molar-refractivity contribution in [3.63, 3.8) is 0 Å². The van der Waals surface area contributed by atoms with E-state index in [1.165, 1.54) is 0 Å². The highest BCUT2D eigenvalue weighted by atomic mass is 16.5. The summed E-state index contributed by atoms with van der Waals surface area (Å²) in [6.45, 7) is 15.5. The molecule has 0 aliphatic carbocycles.